The maximum atomic E-state index is 13.0. The van der Waals surface area contributed by atoms with Gasteiger partial charge in [0.1, 0.15) is 11.6 Å². The van der Waals surface area contributed by atoms with Gasteiger partial charge in [0.25, 0.3) is 0 Å². The van der Waals surface area contributed by atoms with Crippen LogP contribution in [0.15, 0.2) is 18.3 Å². The molecule has 82 valence electrons. The summed E-state index contributed by atoms with van der Waals surface area (Å²) >= 11 is 0. The van der Waals surface area contributed by atoms with E-state index in [1.807, 2.05) is 6.92 Å². The van der Waals surface area contributed by atoms with Gasteiger partial charge in [-0.25, -0.2) is 14.4 Å². The fraction of sp³-hybridized carbons (Fsp3) is 0.500. The summed E-state index contributed by atoms with van der Waals surface area (Å²) in [7, 11) is 0. The maximum Gasteiger partial charge on any atom is 0.131 e. The van der Waals surface area contributed by atoms with Crippen molar-refractivity contribution in [3.05, 3.63) is 24.1 Å². The molecule has 1 saturated heterocycles. The van der Waals surface area contributed by atoms with E-state index < -0.39 is 0 Å². The van der Waals surface area contributed by atoms with Crippen molar-refractivity contribution >= 4 is 5.82 Å². The maximum absolute atomic E-state index is 13.0. The lowest BCUT2D eigenvalue weighted by Gasteiger charge is -2.37. The van der Waals surface area contributed by atoms with E-state index in [0.29, 0.717) is 5.82 Å². The molecule has 2 heterocycles. The number of rotatable bonds is 1. The number of piperazine rings is 1. The summed E-state index contributed by atoms with van der Waals surface area (Å²) in [6, 6.07) is 3.08. The second-order valence-corrected chi connectivity index (χ2v) is 3.87. The Balaban J connectivity index is 2.12. The zero-order valence-corrected chi connectivity index (χ0v) is 8.73. The first-order valence-electron chi connectivity index (χ1n) is 5.04. The van der Waals surface area contributed by atoms with Gasteiger partial charge < -0.3 is 4.90 Å². The third-order valence-electron chi connectivity index (χ3n) is 2.71. The normalized spacial score (nSPS) is 23.1. The zero-order valence-electron chi connectivity index (χ0n) is 8.73. The Morgan fingerprint density at radius 2 is 2.33 bits per heavy atom. The number of aromatic nitrogens is 1. The molecule has 0 amide bonds. The molecular weight excluding hydrogens is 195 g/mol. The van der Waals surface area contributed by atoms with Crippen molar-refractivity contribution in [2.24, 2.45) is 5.84 Å². The predicted octanol–water partition coefficient (Wildman–Crippen LogP) is 0.605. The van der Waals surface area contributed by atoms with E-state index in [2.05, 4.69) is 9.88 Å². The standard InChI is InChI=1S/C10H15FN4/c1-8-7-14(4-5-15(8)12)10-6-9(11)2-3-13-10/h2-3,6,8H,4-5,7,12H2,1H3. The number of anilines is 1. The quantitative estimate of drug-likeness (QED) is 0.690. The highest BCUT2D eigenvalue weighted by Gasteiger charge is 2.22. The van der Waals surface area contributed by atoms with Crippen LogP contribution in [0.3, 0.4) is 0 Å². The number of hydrazine groups is 1. The lowest BCUT2D eigenvalue weighted by Crippen LogP contribution is -2.55. The molecule has 0 aromatic carbocycles. The van der Waals surface area contributed by atoms with Crippen molar-refractivity contribution in [3.63, 3.8) is 0 Å². The van der Waals surface area contributed by atoms with Gasteiger partial charge in [-0.15, -0.1) is 0 Å². The van der Waals surface area contributed by atoms with Crippen LogP contribution in [0.4, 0.5) is 10.2 Å². The van der Waals surface area contributed by atoms with Crippen molar-refractivity contribution in [1.29, 1.82) is 0 Å². The molecule has 1 atom stereocenters. The Hall–Kier alpha value is -1.20. The molecular formula is C10H15FN4. The van der Waals surface area contributed by atoms with Gasteiger partial charge in [-0.1, -0.05) is 0 Å². The molecule has 0 radical (unpaired) electrons. The molecule has 0 saturated carbocycles. The van der Waals surface area contributed by atoms with E-state index in [1.165, 1.54) is 18.3 Å². The summed E-state index contributed by atoms with van der Waals surface area (Å²) in [4.78, 5) is 6.20. The van der Waals surface area contributed by atoms with Crippen molar-refractivity contribution < 1.29 is 4.39 Å². The topological polar surface area (TPSA) is 45.4 Å². The Morgan fingerprint density at radius 3 is 3.00 bits per heavy atom. The number of halogens is 1. The fourth-order valence-electron chi connectivity index (χ4n) is 1.75. The molecule has 2 N–H and O–H groups in total. The van der Waals surface area contributed by atoms with Crippen LogP contribution in [0.5, 0.6) is 0 Å². The molecule has 15 heavy (non-hydrogen) atoms. The number of nitrogens with two attached hydrogens (primary N) is 1. The van der Waals surface area contributed by atoms with Crippen LogP contribution < -0.4 is 10.7 Å². The summed E-state index contributed by atoms with van der Waals surface area (Å²) in [6.45, 7) is 4.40. The predicted molar refractivity (Wildman–Crippen MR) is 56.8 cm³/mol. The molecule has 1 aliphatic heterocycles. The van der Waals surface area contributed by atoms with Crippen LogP contribution in [0, 0.1) is 5.82 Å². The highest BCUT2D eigenvalue weighted by Crippen LogP contribution is 2.15. The van der Waals surface area contributed by atoms with Gasteiger partial charge in [0.2, 0.25) is 0 Å². The summed E-state index contributed by atoms with van der Waals surface area (Å²) in [5.41, 5.74) is 0. The molecule has 1 fully saturated rings. The average Bonchev–Trinajstić information content (AvgIpc) is 2.22. The molecule has 2 rings (SSSR count). The monoisotopic (exact) mass is 210 g/mol. The minimum absolute atomic E-state index is 0.247. The van der Waals surface area contributed by atoms with Crippen LogP contribution in [0.1, 0.15) is 6.92 Å². The lowest BCUT2D eigenvalue weighted by atomic mass is 10.2. The van der Waals surface area contributed by atoms with Gasteiger partial charge in [-0.2, -0.15) is 0 Å². The second-order valence-electron chi connectivity index (χ2n) is 3.87. The smallest absolute Gasteiger partial charge is 0.131 e. The largest absolute Gasteiger partial charge is 0.354 e. The van der Waals surface area contributed by atoms with Crippen molar-refractivity contribution in [1.82, 2.24) is 9.99 Å². The Morgan fingerprint density at radius 1 is 1.53 bits per heavy atom. The van der Waals surface area contributed by atoms with Gasteiger partial charge in [-0.3, -0.25) is 5.84 Å². The van der Waals surface area contributed by atoms with E-state index in [9.17, 15) is 4.39 Å². The van der Waals surface area contributed by atoms with Gasteiger partial charge >= 0.3 is 0 Å². The highest BCUT2D eigenvalue weighted by atomic mass is 19.1. The van der Waals surface area contributed by atoms with E-state index in [-0.39, 0.29) is 11.9 Å². The minimum Gasteiger partial charge on any atom is -0.354 e. The molecule has 4 nitrogen and oxygen atoms in total. The third kappa shape index (κ3) is 2.24. The van der Waals surface area contributed by atoms with Crippen molar-refractivity contribution in [2.75, 3.05) is 24.5 Å². The summed E-state index contributed by atoms with van der Waals surface area (Å²) in [5, 5.41) is 1.80. The molecule has 1 unspecified atom stereocenters. The first-order valence-corrected chi connectivity index (χ1v) is 5.04. The zero-order chi connectivity index (χ0) is 10.8. The number of hydrogen-bond acceptors (Lipinski definition) is 4. The molecule has 1 aromatic rings. The number of hydrogen-bond donors (Lipinski definition) is 1. The van der Waals surface area contributed by atoms with Gasteiger partial charge in [-0.05, 0) is 13.0 Å². The van der Waals surface area contributed by atoms with Crippen LogP contribution >= 0.6 is 0 Å². The van der Waals surface area contributed by atoms with Crippen molar-refractivity contribution in [2.45, 2.75) is 13.0 Å². The van der Waals surface area contributed by atoms with E-state index in [1.54, 1.807) is 5.01 Å². The van der Waals surface area contributed by atoms with E-state index in [4.69, 9.17) is 5.84 Å². The van der Waals surface area contributed by atoms with Crippen LogP contribution in [0.2, 0.25) is 0 Å². The van der Waals surface area contributed by atoms with E-state index >= 15 is 0 Å². The SMILES string of the molecule is CC1CN(c2cc(F)ccn2)CCN1N. The average molecular weight is 210 g/mol. The third-order valence-corrected chi connectivity index (χ3v) is 2.71. The molecule has 5 heteroatoms. The Kier molecular flexibility index (Phi) is 2.83. The second kappa shape index (κ2) is 4.12. The van der Waals surface area contributed by atoms with Crippen LogP contribution in [-0.2, 0) is 0 Å². The minimum atomic E-state index is -0.247. The molecule has 1 aliphatic rings. The van der Waals surface area contributed by atoms with Gasteiger partial charge in [0, 0.05) is 37.9 Å². The summed E-state index contributed by atoms with van der Waals surface area (Å²) in [6.07, 6.45) is 1.49. The summed E-state index contributed by atoms with van der Waals surface area (Å²) < 4.78 is 13.0. The Bertz CT molecular complexity index is 344. The number of pyridine rings is 1. The molecule has 1 aromatic heterocycles. The van der Waals surface area contributed by atoms with E-state index in [0.717, 1.165) is 19.6 Å². The first kappa shape index (κ1) is 10.3. The first-order chi connectivity index (χ1) is 7.16. The molecule has 0 spiro atoms. The lowest BCUT2D eigenvalue weighted by molar-refractivity contribution is 0.193. The van der Waals surface area contributed by atoms with Crippen molar-refractivity contribution in [3.8, 4) is 0 Å². The van der Waals surface area contributed by atoms with Crippen LogP contribution in [-0.4, -0.2) is 35.7 Å². The Labute approximate surface area is 88.5 Å². The van der Waals surface area contributed by atoms with Gasteiger partial charge in [0.05, 0.1) is 0 Å². The molecule has 0 bridgehead atoms. The van der Waals surface area contributed by atoms with Gasteiger partial charge in [0.15, 0.2) is 0 Å². The molecule has 0 aliphatic carbocycles. The highest BCUT2D eigenvalue weighted by molar-refractivity contribution is 5.39. The number of nitrogens with zero attached hydrogens (tertiary/aromatic N) is 3. The van der Waals surface area contributed by atoms with Crippen LogP contribution in [0.25, 0.3) is 0 Å². The fourth-order valence-corrected chi connectivity index (χ4v) is 1.75. The summed E-state index contributed by atoms with van der Waals surface area (Å²) in [5.74, 6) is 6.20.